The van der Waals surface area contributed by atoms with Crippen molar-refractivity contribution in [1.82, 2.24) is 0 Å². The van der Waals surface area contributed by atoms with Crippen LogP contribution in [0.3, 0.4) is 0 Å². The first-order chi connectivity index (χ1) is 7.61. The predicted octanol–water partition coefficient (Wildman–Crippen LogP) is 4.59. The molecule has 0 radical (unpaired) electrons. The average molecular weight is 239 g/mol. The van der Waals surface area contributed by atoms with Gasteiger partial charge in [0.15, 0.2) is 0 Å². The molecule has 16 heavy (non-hydrogen) atoms. The van der Waals surface area contributed by atoms with Crippen molar-refractivity contribution in [1.29, 1.82) is 0 Å². The Morgan fingerprint density at radius 1 is 0.938 bits per heavy atom. The minimum atomic E-state index is -0.542. The van der Waals surface area contributed by atoms with E-state index in [-0.39, 0.29) is 10.8 Å². The lowest BCUT2D eigenvalue weighted by atomic mass is 10.0. The Labute approximate surface area is 97.5 Å². The number of rotatable bonds is 1. The highest BCUT2D eigenvalue weighted by atomic mass is 35.5. The van der Waals surface area contributed by atoms with Crippen molar-refractivity contribution in [2.75, 3.05) is 0 Å². The standard InChI is InChI=1S/C13H9ClF2/c1-8-4-2-6-10(13(8)16)9-5-3-7-11(15)12(9)14/h2-7H,1H3. The fourth-order valence-electron chi connectivity index (χ4n) is 1.57. The molecule has 0 saturated carbocycles. The average Bonchev–Trinajstić information content (AvgIpc) is 2.27. The van der Waals surface area contributed by atoms with Crippen LogP contribution < -0.4 is 0 Å². The summed E-state index contributed by atoms with van der Waals surface area (Å²) in [6.45, 7) is 1.66. The van der Waals surface area contributed by atoms with Crippen molar-refractivity contribution in [3.8, 4) is 11.1 Å². The summed E-state index contributed by atoms with van der Waals surface area (Å²) in [6, 6.07) is 9.32. The lowest BCUT2D eigenvalue weighted by molar-refractivity contribution is 0.619. The van der Waals surface area contributed by atoms with E-state index in [1.54, 1.807) is 31.2 Å². The number of aryl methyl sites for hydroxylation is 1. The lowest BCUT2D eigenvalue weighted by Crippen LogP contribution is -1.90. The van der Waals surface area contributed by atoms with Gasteiger partial charge in [-0.1, -0.05) is 41.9 Å². The molecule has 82 valence electrons. The third kappa shape index (κ3) is 1.81. The van der Waals surface area contributed by atoms with Crippen LogP contribution in [0.2, 0.25) is 5.02 Å². The summed E-state index contributed by atoms with van der Waals surface area (Å²) in [5.74, 6) is -0.907. The molecule has 2 aromatic rings. The van der Waals surface area contributed by atoms with Gasteiger partial charge in [0, 0.05) is 11.1 Å². The van der Waals surface area contributed by atoms with Crippen LogP contribution in [0.5, 0.6) is 0 Å². The Bertz CT molecular complexity index is 486. The van der Waals surface area contributed by atoms with E-state index in [0.29, 0.717) is 16.7 Å². The monoisotopic (exact) mass is 238 g/mol. The molecule has 0 aliphatic rings. The summed E-state index contributed by atoms with van der Waals surface area (Å²) in [6.07, 6.45) is 0. The second-order valence-corrected chi connectivity index (χ2v) is 3.92. The van der Waals surface area contributed by atoms with Crippen LogP contribution in [0.15, 0.2) is 36.4 Å². The van der Waals surface area contributed by atoms with Gasteiger partial charge in [-0.3, -0.25) is 0 Å². The van der Waals surface area contributed by atoms with Crippen LogP contribution in [0.1, 0.15) is 5.56 Å². The number of hydrogen-bond donors (Lipinski definition) is 0. The number of hydrogen-bond acceptors (Lipinski definition) is 0. The van der Waals surface area contributed by atoms with E-state index in [2.05, 4.69) is 0 Å². The third-order valence-corrected chi connectivity index (χ3v) is 2.82. The van der Waals surface area contributed by atoms with E-state index in [1.165, 1.54) is 12.1 Å². The Kier molecular flexibility index (Phi) is 2.92. The largest absolute Gasteiger partial charge is 0.206 e. The van der Waals surface area contributed by atoms with E-state index >= 15 is 0 Å². The fourth-order valence-corrected chi connectivity index (χ4v) is 1.80. The van der Waals surface area contributed by atoms with Gasteiger partial charge in [-0.25, -0.2) is 8.78 Å². The quantitative estimate of drug-likeness (QED) is 0.682. The summed E-state index contributed by atoms with van der Waals surface area (Å²) >= 11 is 5.81. The normalized spacial score (nSPS) is 10.5. The number of benzene rings is 2. The van der Waals surface area contributed by atoms with Crippen molar-refractivity contribution < 1.29 is 8.78 Å². The van der Waals surface area contributed by atoms with Crippen LogP contribution in [-0.4, -0.2) is 0 Å². The van der Waals surface area contributed by atoms with Crippen molar-refractivity contribution >= 4 is 11.6 Å². The van der Waals surface area contributed by atoms with Crippen LogP contribution in [0.4, 0.5) is 8.78 Å². The molecule has 0 unspecified atom stereocenters. The third-order valence-electron chi connectivity index (χ3n) is 2.43. The minimum Gasteiger partial charge on any atom is -0.206 e. The Morgan fingerprint density at radius 2 is 1.56 bits per heavy atom. The van der Waals surface area contributed by atoms with Crippen molar-refractivity contribution in [2.24, 2.45) is 0 Å². The summed E-state index contributed by atoms with van der Waals surface area (Å²) in [5.41, 5.74) is 1.21. The van der Waals surface area contributed by atoms with Crippen LogP contribution in [-0.2, 0) is 0 Å². The van der Waals surface area contributed by atoms with E-state index in [0.717, 1.165) is 0 Å². The van der Waals surface area contributed by atoms with E-state index in [1.807, 2.05) is 0 Å². The van der Waals surface area contributed by atoms with Gasteiger partial charge < -0.3 is 0 Å². The SMILES string of the molecule is Cc1cccc(-c2cccc(F)c2Cl)c1F. The van der Waals surface area contributed by atoms with Gasteiger partial charge in [-0.2, -0.15) is 0 Å². The van der Waals surface area contributed by atoms with Crippen molar-refractivity contribution in [3.63, 3.8) is 0 Å². The highest BCUT2D eigenvalue weighted by Crippen LogP contribution is 2.32. The zero-order valence-corrected chi connectivity index (χ0v) is 9.35. The maximum absolute atomic E-state index is 13.8. The van der Waals surface area contributed by atoms with Gasteiger partial charge in [-0.15, -0.1) is 0 Å². The molecular weight excluding hydrogens is 230 g/mol. The van der Waals surface area contributed by atoms with Gasteiger partial charge in [0.05, 0.1) is 5.02 Å². The lowest BCUT2D eigenvalue weighted by Gasteiger charge is -2.08. The molecule has 0 aromatic heterocycles. The molecule has 0 N–H and O–H groups in total. The number of halogens is 3. The smallest absolute Gasteiger partial charge is 0.142 e. The summed E-state index contributed by atoms with van der Waals surface area (Å²) in [4.78, 5) is 0. The Hall–Kier alpha value is -1.41. The predicted molar refractivity (Wildman–Crippen MR) is 61.5 cm³/mol. The molecule has 3 heteroatoms. The van der Waals surface area contributed by atoms with Crippen LogP contribution in [0.25, 0.3) is 11.1 Å². The van der Waals surface area contributed by atoms with Crippen molar-refractivity contribution in [3.05, 3.63) is 58.6 Å². The zero-order chi connectivity index (χ0) is 11.7. The molecule has 0 fully saturated rings. The molecule has 0 atom stereocenters. The van der Waals surface area contributed by atoms with E-state index in [4.69, 9.17) is 11.6 Å². The van der Waals surface area contributed by atoms with Gasteiger partial charge in [0.25, 0.3) is 0 Å². The molecule has 2 aromatic carbocycles. The van der Waals surface area contributed by atoms with Gasteiger partial charge in [0.2, 0.25) is 0 Å². The molecule has 0 amide bonds. The summed E-state index contributed by atoms with van der Waals surface area (Å²) in [5, 5.41) is -0.0491. The fraction of sp³-hybridized carbons (Fsp3) is 0.0769. The molecule has 0 nitrogen and oxygen atoms in total. The maximum Gasteiger partial charge on any atom is 0.142 e. The zero-order valence-electron chi connectivity index (χ0n) is 8.60. The van der Waals surface area contributed by atoms with E-state index in [9.17, 15) is 8.78 Å². The highest BCUT2D eigenvalue weighted by molar-refractivity contribution is 6.33. The summed E-state index contributed by atoms with van der Waals surface area (Å²) < 4.78 is 27.1. The maximum atomic E-state index is 13.8. The van der Waals surface area contributed by atoms with Crippen LogP contribution in [0, 0.1) is 18.6 Å². The van der Waals surface area contributed by atoms with Gasteiger partial charge >= 0.3 is 0 Å². The molecule has 0 heterocycles. The van der Waals surface area contributed by atoms with Gasteiger partial charge in [-0.05, 0) is 18.6 Å². The molecule has 0 aliphatic carbocycles. The molecule has 0 spiro atoms. The molecule has 0 aliphatic heterocycles. The molecular formula is C13H9ClF2. The summed E-state index contributed by atoms with van der Waals surface area (Å²) in [7, 11) is 0. The Morgan fingerprint density at radius 3 is 2.31 bits per heavy atom. The van der Waals surface area contributed by atoms with Gasteiger partial charge in [0.1, 0.15) is 11.6 Å². The molecule has 0 bridgehead atoms. The first-order valence-electron chi connectivity index (χ1n) is 4.80. The molecule has 2 rings (SSSR count). The molecule has 0 saturated heterocycles. The second kappa shape index (κ2) is 4.22. The first-order valence-corrected chi connectivity index (χ1v) is 5.18. The van der Waals surface area contributed by atoms with E-state index < -0.39 is 5.82 Å². The first kappa shape index (κ1) is 11.1. The second-order valence-electron chi connectivity index (χ2n) is 3.54. The van der Waals surface area contributed by atoms with Crippen LogP contribution >= 0.6 is 11.6 Å². The highest BCUT2D eigenvalue weighted by Gasteiger charge is 2.12. The minimum absolute atomic E-state index is 0.0491. The topological polar surface area (TPSA) is 0 Å². The van der Waals surface area contributed by atoms with Crippen molar-refractivity contribution in [2.45, 2.75) is 6.92 Å². The Balaban J connectivity index is 2.68.